The highest BCUT2D eigenvalue weighted by atomic mass is 16.5. The van der Waals surface area contributed by atoms with Crippen molar-refractivity contribution in [3.8, 4) is 5.75 Å². The van der Waals surface area contributed by atoms with Crippen molar-refractivity contribution in [3.63, 3.8) is 0 Å². The number of benzene rings is 1. The van der Waals surface area contributed by atoms with E-state index in [0.29, 0.717) is 0 Å². The van der Waals surface area contributed by atoms with Crippen LogP contribution in [-0.4, -0.2) is 22.9 Å². The quantitative estimate of drug-likeness (QED) is 0.820. The molecule has 0 spiro atoms. The monoisotopic (exact) mass is 222 g/mol. The molecule has 2 atom stereocenters. The topological polar surface area (TPSA) is 49.7 Å². The number of aliphatic hydroxyl groups is 2. The molecule has 0 radical (unpaired) electrons. The molecule has 0 aliphatic heterocycles. The molecule has 0 bridgehead atoms. The van der Waals surface area contributed by atoms with Crippen molar-refractivity contribution < 1.29 is 14.9 Å². The summed E-state index contributed by atoms with van der Waals surface area (Å²) in [6.07, 6.45) is 2.07. The van der Waals surface area contributed by atoms with Crippen molar-refractivity contribution >= 4 is 0 Å². The summed E-state index contributed by atoms with van der Waals surface area (Å²) in [5, 5.41) is 19.0. The van der Waals surface area contributed by atoms with Gasteiger partial charge in [0.1, 0.15) is 12.4 Å². The van der Waals surface area contributed by atoms with Gasteiger partial charge in [-0.05, 0) is 49.4 Å². The van der Waals surface area contributed by atoms with Crippen molar-refractivity contribution in [1.82, 2.24) is 0 Å². The standard InChI is InChI=1S/C13H18O3/c1-9(14)8-16-11-6-5-10-3-2-4-13(15)12(10)7-11/h5-7,9,13-15H,2-4,8H2,1H3. The van der Waals surface area contributed by atoms with Gasteiger partial charge in [-0.1, -0.05) is 6.07 Å². The molecule has 1 aliphatic carbocycles. The number of aliphatic hydroxyl groups excluding tert-OH is 2. The van der Waals surface area contributed by atoms with Gasteiger partial charge < -0.3 is 14.9 Å². The molecule has 0 amide bonds. The van der Waals surface area contributed by atoms with Crippen LogP contribution in [0.1, 0.15) is 37.0 Å². The van der Waals surface area contributed by atoms with E-state index in [1.165, 1.54) is 5.56 Å². The lowest BCUT2D eigenvalue weighted by molar-refractivity contribution is 0.122. The fraction of sp³-hybridized carbons (Fsp3) is 0.538. The smallest absolute Gasteiger partial charge is 0.119 e. The van der Waals surface area contributed by atoms with Crippen molar-refractivity contribution in [1.29, 1.82) is 0 Å². The summed E-state index contributed by atoms with van der Waals surface area (Å²) in [5.74, 6) is 0.723. The van der Waals surface area contributed by atoms with Crippen LogP contribution in [0.4, 0.5) is 0 Å². The van der Waals surface area contributed by atoms with Crippen LogP contribution >= 0.6 is 0 Å². The molecule has 1 aromatic carbocycles. The maximum atomic E-state index is 9.86. The van der Waals surface area contributed by atoms with Gasteiger partial charge in [0.05, 0.1) is 12.2 Å². The zero-order chi connectivity index (χ0) is 11.5. The van der Waals surface area contributed by atoms with Gasteiger partial charge in [0, 0.05) is 0 Å². The first kappa shape index (κ1) is 11.4. The summed E-state index contributed by atoms with van der Waals surface area (Å²) in [6.45, 7) is 1.97. The molecule has 2 unspecified atom stereocenters. The van der Waals surface area contributed by atoms with E-state index in [2.05, 4.69) is 0 Å². The first-order valence-corrected chi connectivity index (χ1v) is 5.78. The van der Waals surface area contributed by atoms with Gasteiger partial charge in [-0.15, -0.1) is 0 Å². The van der Waals surface area contributed by atoms with Gasteiger partial charge in [-0.25, -0.2) is 0 Å². The molecule has 3 heteroatoms. The lowest BCUT2D eigenvalue weighted by Gasteiger charge is -2.22. The second-order valence-electron chi connectivity index (χ2n) is 4.43. The van der Waals surface area contributed by atoms with Crippen molar-refractivity contribution in [3.05, 3.63) is 29.3 Å². The lowest BCUT2D eigenvalue weighted by atomic mass is 9.89. The van der Waals surface area contributed by atoms with Crippen LogP contribution in [0.5, 0.6) is 5.75 Å². The molecule has 2 N–H and O–H groups in total. The van der Waals surface area contributed by atoms with E-state index in [0.717, 1.165) is 30.6 Å². The molecule has 3 nitrogen and oxygen atoms in total. The van der Waals surface area contributed by atoms with Crippen molar-refractivity contribution in [2.24, 2.45) is 0 Å². The Balaban J connectivity index is 2.14. The lowest BCUT2D eigenvalue weighted by Crippen LogP contribution is -2.14. The van der Waals surface area contributed by atoms with Crippen LogP contribution in [0.3, 0.4) is 0 Å². The number of ether oxygens (including phenoxy) is 1. The Morgan fingerprint density at radius 2 is 2.31 bits per heavy atom. The first-order chi connectivity index (χ1) is 7.66. The summed E-state index contributed by atoms with van der Waals surface area (Å²) in [7, 11) is 0. The molecule has 0 aromatic heterocycles. The molecule has 1 aliphatic rings. The minimum Gasteiger partial charge on any atom is -0.491 e. The maximum absolute atomic E-state index is 9.86. The van der Waals surface area contributed by atoms with E-state index in [-0.39, 0.29) is 12.7 Å². The second kappa shape index (κ2) is 4.85. The summed E-state index contributed by atoms with van der Waals surface area (Å²) in [6, 6.07) is 5.80. The van der Waals surface area contributed by atoms with Crippen LogP contribution in [0.2, 0.25) is 0 Å². The third-order valence-electron chi connectivity index (χ3n) is 2.89. The Hall–Kier alpha value is -1.06. The Kier molecular flexibility index (Phi) is 3.46. The SMILES string of the molecule is CC(O)COc1ccc2c(c1)C(O)CCC2. The van der Waals surface area contributed by atoms with E-state index in [9.17, 15) is 5.11 Å². The third kappa shape index (κ3) is 2.54. The largest absolute Gasteiger partial charge is 0.491 e. The molecule has 2 rings (SSSR count). The van der Waals surface area contributed by atoms with E-state index in [4.69, 9.17) is 9.84 Å². The molecule has 0 saturated carbocycles. The average molecular weight is 222 g/mol. The Labute approximate surface area is 95.7 Å². The molecule has 88 valence electrons. The summed E-state index contributed by atoms with van der Waals surface area (Å²) in [5.41, 5.74) is 2.19. The van der Waals surface area contributed by atoms with E-state index >= 15 is 0 Å². The predicted molar refractivity (Wildman–Crippen MR) is 61.5 cm³/mol. The van der Waals surface area contributed by atoms with Crippen molar-refractivity contribution in [2.45, 2.75) is 38.4 Å². The Morgan fingerprint density at radius 1 is 1.50 bits per heavy atom. The van der Waals surface area contributed by atoms with E-state index in [1.807, 2.05) is 18.2 Å². The van der Waals surface area contributed by atoms with Gasteiger partial charge in [-0.3, -0.25) is 0 Å². The third-order valence-corrected chi connectivity index (χ3v) is 2.89. The first-order valence-electron chi connectivity index (χ1n) is 5.78. The summed E-state index contributed by atoms with van der Waals surface area (Å²) in [4.78, 5) is 0. The zero-order valence-electron chi connectivity index (χ0n) is 9.52. The number of fused-ring (bicyclic) bond motifs is 1. The van der Waals surface area contributed by atoms with Crippen LogP contribution in [-0.2, 0) is 6.42 Å². The van der Waals surface area contributed by atoms with E-state index in [1.54, 1.807) is 6.92 Å². The van der Waals surface area contributed by atoms with Crippen LogP contribution in [0, 0.1) is 0 Å². The average Bonchev–Trinajstić information content (AvgIpc) is 2.27. The molecule has 16 heavy (non-hydrogen) atoms. The Morgan fingerprint density at radius 3 is 3.06 bits per heavy atom. The van der Waals surface area contributed by atoms with Crippen molar-refractivity contribution in [2.75, 3.05) is 6.61 Å². The highest BCUT2D eigenvalue weighted by Gasteiger charge is 2.18. The molecule has 0 heterocycles. The highest BCUT2D eigenvalue weighted by molar-refractivity contribution is 5.38. The Bertz CT molecular complexity index is 360. The number of hydrogen-bond acceptors (Lipinski definition) is 3. The maximum Gasteiger partial charge on any atom is 0.119 e. The minimum atomic E-state index is -0.471. The van der Waals surface area contributed by atoms with E-state index < -0.39 is 6.10 Å². The molecule has 0 fully saturated rings. The summed E-state index contributed by atoms with van der Waals surface area (Å²) < 4.78 is 5.42. The highest BCUT2D eigenvalue weighted by Crippen LogP contribution is 2.32. The van der Waals surface area contributed by atoms with Gasteiger partial charge in [0.2, 0.25) is 0 Å². The van der Waals surface area contributed by atoms with Gasteiger partial charge in [-0.2, -0.15) is 0 Å². The molecule has 1 aromatic rings. The minimum absolute atomic E-state index is 0.287. The van der Waals surface area contributed by atoms with Crippen LogP contribution in [0.25, 0.3) is 0 Å². The molecular weight excluding hydrogens is 204 g/mol. The molecule has 0 saturated heterocycles. The fourth-order valence-corrected chi connectivity index (χ4v) is 2.06. The van der Waals surface area contributed by atoms with Crippen LogP contribution < -0.4 is 4.74 Å². The molecular formula is C13H18O3. The van der Waals surface area contributed by atoms with Crippen LogP contribution in [0.15, 0.2) is 18.2 Å². The second-order valence-corrected chi connectivity index (χ2v) is 4.43. The van der Waals surface area contributed by atoms with Gasteiger partial charge in [0.15, 0.2) is 0 Å². The predicted octanol–water partition coefficient (Wildman–Crippen LogP) is 1.82. The number of rotatable bonds is 3. The number of hydrogen-bond donors (Lipinski definition) is 2. The zero-order valence-corrected chi connectivity index (χ0v) is 9.52. The van der Waals surface area contributed by atoms with Gasteiger partial charge >= 0.3 is 0 Å². The normalized spacial score (nSPS) is 21.3. The summed E-state index contributed by atoms with van der Waals surface area (Å²) >= 11 is 0. The number of aryl methyl sites for hydroxylation is 1. The fourth-order valence-electron chi connectivity index (χ4n) is 2.06. The van der Waals surface area contributed by atoms with Gasteiger partial charge in [0.25, 0.3) is 0 Å².